The summed E-state index contributed by atoms with van der Waals surface area (Å²) >= 11 is 0. The highest BCUT2D eigenvalue weighted by molar-refractivity contribution is 7.90. The van der Waals surface area contributed by atoms with Gasteiger partial charge in [0.05, 0.1) is 6.61 Å². The van der Waals surface area contributed by atoms with Crippen LogP contribution in [0.4, 0.5) is 10.2 Å². The molecule has 2 aromatic carbocycles. The van der Waals surface area contributed by atoms with Gasteiger partial charge in [-0.1, -0.05) is 0 Å². The Morgan fingerprint density at radius 1 is 1.26 bits per heavy atom. The summed E-state index contributed by atoms with van der Waals surface area (Å²) in [7, 11) is -0.444. The van der Waals surface area contributed by atoms with Crippen LogP contribution in [0, 0.1) is 5.82 Å². The topological polar surface area (TPSA) is 109 Å². The van der Waals surface area contributed by atoms with E-state index in [0.717, 1.165) is 24.5 Å². The third-order valence-corrected chi connectivity index (χ3v) is 6.40. The van der Waals surface area contributed by atoms with Crippen molar-refractivity contribution in [3.05, 3.63) is 59.5 Å². The van der Waals surface area contributed by atoms with Crippen molar-refractivity contribution in [3.63, 3.8) is 0 Å². The smallest absolute Gasteiger partial charge is 0.257 e. The maximum atomic E-state index is 14.0. The summed E-state index contributed by atoms with van der Waals surface area (Å²) in [6.07, 6.45) is 3.06. The largest absolute Gasteiger partial charge is 0.484 e. The number of rotatable bonds is 7. The second-order valence-corrected chi connectivity index (χ2v) is 10.4. The molecule has 1 N–H and O–H groups in total. The van der Waals surface area contributed by atoms with Crippen LogP contribution < -0.4 is 14.8 Å². The van der Waals surface area contributed by atoms with E-state index in [0.29, 0.717) is 23.6 Å². The van der Waals surface area contributed by atoms with Crippen molar-refractivity contribution in [1.82, 2.24) is 9.78 Å². The number of nitrogens with zero attached hydrogens (tertiary/aromatic N) is 2. The van der Waals surface area contributed by atoms with Crippen molar-refractivity contribution in [2.24, 2.45) is 7.05 Å². The van der Waals surface area contributed by atoms with Gasteiger partial charge in [0.25, 0.3) is 5.91 Å². The summed E-state index contributed by atoms with van der Waals surface area (Å²) in [6.45, 7) is 2.11. The molecule has 1 aliphatic rings. The second kappa shape index (κ2) is 8.73. The molecule has 3 aromatic rings. The first kappa shape index (κ1) is 23.7. The van der Waals surface area contributed by atoms with E-state index in [1.54, 1.807) is 37.2 Å². The highest BCUT2D eigenvalue weighted by Crippen LogP contribution is 2.44. The van der Waals surface area contributed by atoms with Crippen LogP contribution in [0.5, 0.6) is 17.2 Å². The Hall–Kier alpha value is -3.44. The van der Waals surface area contributed by atoms with E-state index in [9.17, 15) is 17.6 Å². The fraction of sp³-hybridized carbons (Fsp3) is 0.304. The molecule has 9 nitrogen and oxygen atoms in total. The number of anilines is 1. The number of nitrogens with one attached hydrogen (secondary N) is 1. The number of amides is 1. The van der Waals surface area contributed by atoms with E-state index in [-0.39, 0.29) is 28.6 Å². The lowest BCUT2D eigenvalue weighted by Gasteiger charge is -2.22. The molecular formula is C23H24FN3O6S. The van der Waals surface area contributed by atoms with Gasteiger partial charge in [0.1, 0.15) is 33.6 Å². The Morgan fingerprint density at radius 3 is 2.68 bits per heavy atom. The Kier molecular flexibility index (Phi) is 6.09. The number of hydrogen-bond acceptors (Lipinski definition) is 7. The number of aromatic nitrogens is 2. The summed E-state index contributed by atoms with van der Waals surface area (Å²) in [6, 6.07) is 7.86. The molecular weight excluding hydrogens is 465 g/mol. The van der Waals surface area contributed by atoms with Crippen LogP contribution in [-0.2, 0) is 28.0 Å². The molecule has 180 valence electrons. The van der Waals surface area contributed by atoms with Crippen LogP contribution in [0.15, 0.2) is 47.5 Å². The van der Waals surface area contributed by atoms with Crippen LogP contribution in [0.3, 0.4) is 0 Å². The molecule has 1 unspecified atom stereocenters. The van der Waals surface area contributed by atoms with Gasteiger partial charge in [0.15, 0.2) is 15.7 Å². The number of carbonyl (C=O) groups excluding carboxylic acids is 1. The molecule has 4 rings (SSSR count). The molecule has 1 amide bonds. The highest BCUT2D eigenvalue weighted by atomic mass is 32.2. The van der Waals surface area contributed by atoms with E-state index in [2.05, 4.69) is 10.4 Å². The lowest BCUT2D eigenvalue weighted by molar-refractivity contribution is 0.0204. The molecule has 1 aromatic heterocycles. The van der Waals surface area contributed by atoms with Crippen molar-refractivity contribution in [1.29, 1.82) is 0 Å². The van der Waals surface area contributed by atoms with Gasteiger partial charge >= 0.3 is 0 Å². The van der Waals surface area contributed by atoms with Gasteiger partial charge in [-0.25, -0.2) is 12.8 Å². The number of ether oxygens (including phenoxy) is 3. The van der Waals surface area contributed by atoms with E-state index < -0.39 is 27.2 Å². The molecule has 0 bridgehead atoms. The van der Waals surface area contributed by atoms with Crippen LogP contribution in [0.25, 0.3) is 0 Å². The van der Waals surface area contributed by atoms with E-state index in [4.69, 9.17) is 14.2 Å². The highest BCUT2D eigenvalue weighted by Gasteiger charge is 2.38. The first-order chi connectivity index (χ1) is 16.0. The van der Waals surface area contributed by atoms with Gasteiger partial charge in [-0.15, -0.1) is 0 Å². The first-order valence-electron chi connectivity index (χ1n) is 10.3. The Balaban J connectivity index is 1.78. The van der Waals surface area contributed by atoms with E-state index in [1.807, 2.05) is 6.92 Å². The summed E-state index contributed by atoms with van der Waals surface area (Å²) in [5.74, 6) is -0.404. The molecule has 34 heavy (non-hydrogen) atoms. The zero-order chi connectivity index (χ0) is 24.7. The SMILES string of the molecule is COCC1(C)Cc2c(Oc3cc(F)ccc3S(C)(=O)=O)cc(C(=O)Nc3ccn(C)n3)cc2O1. The fourth-order valence-electron chi connectivity index (χ4n) is 3.83. The third kappa shape index (κ3) is 4.90. The van der Waals surface area contributed by atoms with Gasteiger partial charge in [0, 0.05) is 56.3 Å². The number of benzene rings is 2. The van der Waals surface area contributed by atoms with Crippen LogP contribution in [0.1, 0.15) is 22.8 Å². The van der Waals surface area contributed by atoms with Gasteiger partial charge in [-0.3, -0.25) is 9.48 Å². The zero-order valence-electron chi connectivity index (χ0n) is 19.1. The number of halogens is 1. The standard InChI is InChI=1S/C23H24FN3O6S/c1-23(13-31-3)12-16-17(32-19-11-15(24)5-6-20(19)34(4,29)30)9-14(10-18(16)33-23)22(28)25-21-7-8-27(2)26-21/h5-11H,12-13H2,1-4H3,(H,25,26,28). The van der Waals surface area contributed by atoms with Crippen molar-refractivity contribution in [2.75, 3.05) is 25.3 Å². The van der Waals surface area contributed by atoms with Crippen molar-refractivity contribution >= 4 is 21.6 Å². The van der Waals surface area contributed by atoms with Gasteiger partial charge in [-0.05, 0) is 31.2 Å². The average molecular weight is 490 g/mol. The molecule has 1 aliphatic heterocycles. The minimum Gasteiger partial charge on any atom is -0.484 e. The molecule has 0 radical (unpaired) electrons. The first-order valence-corrected chi connectivity index (χ1v) is 12.2. The number of carbonyl (C=O) groups is 1. The maximum absolute atomic E-state index is 14.0. The molecule has 1 atom stereocenters. The van der Waals surface area contributed by atoms with E-state index >= 15 is 0 Å². The normalized spacial score (nSPS) is 17.2. The second-order valence-electron chi connectivity index (χ2n) is 8.41. The summed E-state index contributed by atoms with van der Waals surface area (Å²) in [4.78, 5) is 12.8. The lowest BCUT2D eigenvalue weighted by atomic mass is 9.98. The number of aryl methyl sites for hydroxylation is 1. The molecule has 0 spiro atoms. The Labute approximate surface area is 196 Å². The van der Waals surface area contributed by atoms with E-state index in [1.165, 1.54) is 6.07 Å². The van der Waals surface area contributed by atoms with Crippen molar-refractivity contribution < 1.29 is 31.8 Å². The molecule has 0 saturated carbocycles. The minimum atomic E-state index is -3.71. The minimum absolute atomic E-state index is 0.176. The van der Waals surface area contributed by atoms with Crippen molar-refractivity contribution in [3.8, 4) is 17.2 Å². The predicted octanol–water partition coefficient (Wildman–Crippen LogP) is 3.35. The van der Waals surface area contributed by atoms with Gasteiger partial charge in [-0.2, -0.15) is 5.10 Å². The molecule has 2 heterocycles. The molecule has 0 saturated heterocycles. The van der Waals surface area contributed by atoms with Gasteiger partial charge < -0.3 is 19.5 Å². The average Bonchev–Trinajstić information content (AvgIpc) is 3.29. The monoisotopic (exact) mass is 489 g/mol. The summed E-state index contributed by atoms with van der Waals surface area (Å²) < 4.78 is 57.3. The Bertz CT molecular complexity index is 1370. The predicted molar refractivity (Wildman–Crippen MR) is 122 cm³/mol. The third-order valence-electron chi connectivity index (χ3n) is 5.27. The molecule has 11 heteroatoms. The van der Waals surface area contributed by atoms with Crippen LogP contribution in [-0.4, -0.2) is 49.7 Å². The Morgan fingerprint density at radius 2 is 2.03 bits per heavy atom. The maximum Gasteiger partial charge on any atom is 0.257 e. The van der Waals surface area contributed by atoms with Gasteiger partial charge in [0.2, 0.25) is 0 Å². The summed E-state index contributed by atoms with van der Waals surface area (Å²) in [5, 5.41) is 6.82. The number of hydrogen-bond donors (Lipinski definition) is 1. The quantitative estimate of drug-likeness (QED) is 0.507. The number of sulfone groups is 1. The number of fused-ring (bicyclic) bond motifs is 1. The van der Waals surface area contributed by atoms with Crippen LogP contribution in [0.2, 0.25) is 0 Å². The molecule has 0 fully saturated rings. The number of methoxy groups -OCH3 is 1. The fourth-order valence-corrected chi connectivity index (χ4v) is 4.61. The molecule has 0 aliphatic carbocycles. The van der Waals surface area contributed by atoms with Crippen LogP contribution >= 0.6 is 0 Å². The summed E-state index contributed by atoms with van der Waals surface area (Å²) in [5.41, 5.74) is 0.0726. The lowest BCUT2D eigenvalue weighted by Crippen LogP contribution is -2.35. The van der Waals surface area contributed by atoms with Crippen molar-refractivity contribution in [2.45, 2.75) is 23.8 Å². The zero-order valence-corrected chi connectivity index (χ0v) is 19.9.